The van der Waals surface area contributed by atoms with E-state index in [1.807, 2.05) is 0 Å². The monoisotopic (exact) mass is 204 g/mol. The van der Waals surface area contributed by atoms with Crippen LogP contribution in [0.1, 0.15) is 17.3 Å². The van der Waals surface area contributed by atoms with Crippen molar-refractivity contribution >= 4 is 16.6 Å². The summed E-state index contributed by atoms with van der Waals surface area (Å²) >= 11 is 0. The van der Waals surface area contributed by atoms with Crippen molar-refractivity contribution in [2.75, 3.05) is 0 Å². The minimum Gasteiger partial charge on any atom is -0.507 e. The number of benzene rings is 2. The number of hydrogen-bond donors (Lipinski definition) is 1. The molecular weight excluding hydrogens is 195 g/mol. The zero-order chi connectivity index (χ0) is 11.0. The van der Waals surface area contributed by atoms with E-state index in [1.165, 1.54) is 31.2 Å². The first-order valence-corrected chi connectivity index (χ1v) is 4.52. The molecule has 2 aromatic rings. The lowest BCUT2D eigenvalue weighted by atomic mass is 10.0. The number of ketones is 1. The molecule has 0 saturated heterocycles. The molecule has 1 N–H and O–H groups in total. The van der Waals surface area contributed by atoms with Gasteiger partial charge in [-0.15, -0.1) is 0 Å². The molecule has 2 rings (SSSR count). The van der Waals surface area contributed by atoms with E-state index in [0.29, 0.717) is 10.8 Å². The van der Waals surface area contributed by atoms with Crippen LogP contribution < -0.4 is 0 Å². The molecule has 0 aromatic heterocycles. The number of phenols is 1. The van der Waals surface area contributed by atoms with Gasteiger partial charge in [0.05, 0.1) is 5.56 Å². The Balaban J connectivity index is 2.88. The largest absolute Gasteiger partial charge is 0.507 e. The van der Waals surface area contributed by atoms with Crippen LogP contribution in [0.5, 0.6) is 5.75 Å². The molecule has 2 aromatic carbocycles. The summed E-state index contributed by atoms with van der Waals surface area (Å²) in [5, 5.41) is 10.7. The molecule has 0 heterocycles. The third-order valence-electron chi connectivity index (χ3n) is 2.31. The average molecular weight is 204 g/mol. The van der Waals surface area contributed by atoms with E-state index in [0.717, 1.165) is 0 Å². The zero-order valence-electron chi connectivity index (χ0n) is 8.12. The van der Waals surface area contributed by atoms with Gasteiger partial charge in [-0.2, -0.15) is 0 Å². The van der Waals surface area contributed by atoms with Gasteiger partial charge in [0.15, 0.2) is 5.78 Å². The molecule has 0 aliphatic heterocycles. The molecule has 0 fully saturated rings. The van der Waals surface area contributed by atoms with E-state index in [1.54, 1.807) is 6.07 Å². The smallest absolute Gasteiger partial charge is 0.164 e. The van der Waals surface area contributed by atoms with Gasteiger partial charge >= 0.3 is 0 Å². The lowest BCUT2D eigenvalue weighted by molar-refractivity contribution is 0.101. The molecule has 3 heteroatoms. The van der Waals surface area contributed by atoms with Crippen LogP contribution in [0.4, 0.5) is 4.39 Å². The van der Waals surface area contributed by atoms with Crippen LogP contribution in [0.3, 0.4) is 0 Å². The third-order valence-corrected chi connectivity index (χ3v) is 2.31. The van der Waals surface area contributed by atoms with E-state index in [9.17, 15) is 14.3 Å². The van der Waals surface area contributed by atoms with E-state index >= 15 is 0 Å². The molecule has 0 bridgehead atoms. The molecule has 0 amide bonds. The van der Waals surface area contributed by atoms with Crippen molar-refractivity contribution in [3.05, 3.63) is 41.7 Å². The Morgan fingerprint density at radius 3 is 2.67 bits per heavy atom. The summed E-state index contributed by atoms with van der Waals surface area (Å²) in [6, 6.07) is 7.09. The van der Waals surface area contributed by atoms with Crippen molar-refractivity contribution in [2.45, 2.75) is 6.92 Å². The summed E-state index contributed by atoms with van der Waals surface area (Å²) in [7, 11) is 0. The van der Waals surface area contributed by atoms with Gasteiger partial charge in [0.25, 0.3) is 0 Å². The Labute approximate surface area is 86.0 Å². The first kappa shape index (κ1) is 9.65. The van der Waals surface area contributed by atoms with Crippen LogP contribution in [-0.4, -0.2) is 10.9 Å². The standard InChI is InChI=1S/C12H9FO2/c1-7(14)12-10-4-3-9(13)6-8(10)2-5-11(12)15/h2-6,15H,1H3. The van der Waals surface area contributed by atoms with Crippen LogP contribution in [0, 0.1) is 5.82 Å². The Kier molecular flexibility index (Phi) is 2.15. The predicted molar refractivity (Wildman–Crippen MR) is 55.6 cm³/mol. The van der Waals surface area contributed by atoms with Gasteiger partial charge in [-0.3, -0.25) is 4.79 Å². The van der Waals surface area contributed by atoms with Crippen LogP contribution in [-0.2, 0) is 0 Å². The minimum absolute atomic E-state index is 0.0680. The zero-order valence-corrected chi connectivity index (χ0v) is 8.12. The first-order chi connectivity index (χ1) is 7.09. The fourth-order valence-electron chi connectivity index (χ4n) is 1.66. The van der Waals surface area contributed by atoms with Gasteiger partial charge in [0.1, 0.15) is 11.6 Å². The van der Waals surface area contributed by atoms with Crippen molar-refractivity contribution in [1.82, 2.24) is 0 Å². The highest BCUT2D eigenvalue weighted by Crippen LogP contribution is 2.27. The first-order valence-electron chi connectivity index (χ1n) is 4.52. The molecule has 0 saturated carbocycles. The van der Waals surface area contributed by atoms with Crippen LogP contribution in [0.15, 0.2) is 30.3 Å². The molecule has 0 unspecified atom stereocenters. The predicted octanol–water partition coefficient (Wildman–Crippen LogP) is 2.89. The van der Waals surface area contributed by atoms with Crippen LogP contribution in [0.2, 0.25) is 0 Å². The number of carbonyl (C=O) groups excluding carboxylic acids is 1. The van der Waals surface area contributed by atoms with Gasteiger partial charge in [0.2, 0.25) is 0 Å². The maximum absolute atomic E-state index is 12.9. The number of carbonyl (C=O) groups is 1. The lowest BCUT2D eigenvalue weighted by Crippen LogP contribution is -1.94. The number of phenolic OH excluding ortho intramolecular Hbond substituents is 1. The van der Waals surface area contributed by atoms with Crippen molar-refractivity contribution in [3.8, 4) is 5.75 Å². The summed E-state index contributed by atoms with van der Waals surface area (Å²) in [6.07, 6.45) is 0. The van der Waals surface area contributed by atoms with Crippen LogP contribution >= 0.6 is 0 Å². The van der Waals surface area contributed by atoms with Gasteiger partial charge in [-0.25, -0.2) is 4.39 Å². The van der Waals surface area contributed by atoms with E-state index in [-0.39, 0.29) is 22.9 Å². The molecule has 0 atom stereocenters. The summed E-state index contributed by atoms with van der Waals surface area (Å²) in [5.74, 6) is -0.658. The van der Waals surface area contributed by atoms with E-state index in [4.69, 9.17) is 0 Å². The number of aromatic hydroxyl groups is 1. The number of halogens is 1. The topological polar surface area (TPSA) is 37.3 Å². The SMILES string of the molecule is CC(=O)c1c(O)ccc2cc(F)ccc12. The quantitative estimate of drug-likeness (QED) is 0.725. The molecule has 0 spiro atoms. The normalized spacial score (nSPS) is 10.5. The average Bonchev–Trinajstić information content (AvgIpc) is 2.17. The van der Waals surface area contributed by atoms with Crippen molar-refractivity contribution in [1.29, 1.82) is 0 Å². The second-order valence-corrected chi connectivity index (χ2v) is 3.38. The molecule has 76 valence electrons. The Morgan fingerprint density at radius 2 is 2.00 bits per heavy atom. The molecule has 15 heavy (non-hydrogen) atoms. The number of fused-ring (bicyclic) bond motifs is 1. The van der Waals surface area contributed by atoms with Gasteiger partial charge in [-0.1, -0.05) is 12.1 Å². The fraction of sp³-hybridized carbons (Fsp3) is 0.0833. The molecule has 0 aliphatic carbocycles. The van der Waals surface area contributed by atoms with Crippen molar-refractivity contribution in [2.24, 2.45) is 0 Å². The van der Waals surface area contributed by atoms with E-state index < -0.39 is 0 Å². The van der Waals surface area contributed by atoms with Gasteiger partial charge in [0, 0.05) is 0 Å². The minimum atomic E-state index is -0.359. The number of Topliss-reactive ketones (excluding diaryl/α,β-unsaturated/α-hetero) is 1. The number of hydrogen-bond acceptors (Lipinski definition) is 2. The highest BCUT2D eigenvalue weighted by molar-refractivity contribution is 6.09. The summed E-state index contributed by atoms with van der Waals surface area (Å²) < 4.78 is 12.9. The molecule has 2 nitrogen and oxygen atoms in total. The van der Waals surface area contributed by atoms with Crippen molar-refractivity contribution < 1.29 is 14.3 Å². The number of rotatable bonds is 1. The van der Waals surface area contributed by atoms with Crippen molar-refractivity contribution in [3.63, 3.8) is 0 Å². The Hall–Kier alpha value is -1.90. The molecular formula is C12H9FO2. The molecule has 0 aliphatic rings. The second kappa shape index (κ2) is 3.35. The Bertz CT molecular complexity index is 547. The van der Waals surface area contributed by atoms with Gasteiger partial charge < -0.3 is 5.11 Å². The fourth-order valence-corrected chi connectivity index (χ4v) is 1.66. The maximum Gasteiger partial charge on any atom is 0.164 e. The third kappa shape index (κ3) is 1.56. The summed E-state index contributed by atoms with van der Waals surface area (Å²) in [5.41, 5.74) is 0.243. The highest BCUT2D eigenvalue weighted by Gasteiger charge is 2.11. The van der Waals surface area contributed by atoms with Gasteiger partial charge in [-0.05, 0) is 35.9 Å². The maximum atomic E-state index is 12.9. The van der Waals surface area contributed by atoms with E-state index in [2.05, 4.69) is 0 Å². The highest BCUT2D eigenvalue weighted by atomic mass is 19.1. The molecule has 0 radical (unpaired) electrons. The second-order valence-electron chi connectivity index (χ2n) is 3.38. The summed E-state index contributed by atoms with van der Waals surface area (Å²) in [6.45, 7) is 1.37. The summed E-state index contributed by atoms with van der Waals surface area (Å²) in [4.78, 5) is 11.3. The van der Waals surface area contributed by atoms with Crippen LogP contribution in [0.25, 0.3) is 10.8 Å². The lowest BCUT2D eigenvalue weighted by Gasteiger charge is -2.05. The Morgan fingerprint density at radius 1 is 1.27 bits per heavy atom.